The number of halogens is 1. The predicted octanol–water partition coefficient (Wildman–Crippen LogP) is 2.41. The van der Waals surface area contributed by atoms with E-state index in [1.807, 2.05) is 11.0 Å². The van der Waals surface area contributed by atoms with E-state index in [1.165, 1.54) is 11.1 Å². The number of nitrogens with one attached hydrogen (secondary N) is 1. The van der Waals surface area contributed by atoms with Gasteiger partial charge in [-0.05, 0) is 49.4 Å². The van der Waals surface area contributed by atoms with Crippen molar-refractivity contribution in [3.8, 4) is 0 Å². The lowest BCUT2D eigenvalue weighted by Gasteiger charge is -2.24. The number of carbonyl (C=O) groups excluding carboxylic acids is 1. The fraction of sp³-hybridized carbons (Fsp3) is 0.562. The van der Waals surface area contributed by atoms with Crippen LogP contribution in [0.3, 0.4) is 0 Å². The summed E-state index contributed by atoms with van der Waals surface area (Å²) in [5.41, 5.74) is 2.76. The Bertz CT molecular complexity index is 517. The Kier molecular flexibility index (Phi) is 3.99. The molecule has 2 atom stereocenters. The van der Waals surface area contributed by atoms with Crippen LogP contribution in [0.4, 0.5) is 0 Å². The predicted molar refractivity (Wildman–Crippen MR) is 81.1 cm³/mol. The van der Waals surface area contributed by atoms with Crippen LogP contribution in [0.2, 0.25) is 5.02 Å². The maximum atomic E-state index is 11.6. The largest absolute Gasteiger partial charge is 0.341 e. The normalized spacial score (nSPS) is 23.2. The average molecular weight is 293 g/mol. The molecule has 20 heavy (non-hydrogen) atoms. The Balaban J connectivity index is 1.53. The van der Waals surface area contributed by atoms with Gasteiger partial charge in [-0.2, -0.15) is 0 Å². The summed E-state index contributed by atoms with van der Waals surface area (Å²) in [6.07, 6.45) is 3.83. The van der Waals surface area contributed by atoms with Gasteiger partial charge in [0.1, 0.15) is 0 Å². The molecule has 1 amide bonds. The number of fused-ring (bicyclic) bond motifs is 1. The van der Waals surface area contributed by atoms with Crippen LogP contribution in [0.5, 0.6) is 0 Å². The van der Waals surface area contributed by atoms with Gasteiger partial charge >= 0.3 is 0 Å². The highest BCUT2D eigenvalue weighted by Gasteiger charge is 2.25. The summed E-state index contributed by atoms with van der Waals surface area (Å²) < 4.78 is 0. The van der Waals surface area contributed by atoms with Crippen LogP contribution < -0.4 is 5.32 Å². The molecule has 3 nitrogen and oxygen atoms in total. The summed E-state index contributed by atoms with van der Waals surface area (Å²) in [5, 5.41) is 4.48. The topological polar surface area (TPSA) is 32.3 Å². The molecule has 1 aromatic carbocycles. The first-order valence-corrected chi connectivity index (χ1v) is 7.81. The van der Waals surface area contributed by atoms with Gasteiger partial charge in [0.2, 0.25) is 5.91 Å². The highest BCUT2D eigenvalue weighted by molar-refractivity contribution is 6.30. The van der Waals surface area contributed by atoms with Crippen LogP contribution in [-0.2, 0) is 17.6 Å². The standard InChI is InChI=1S/C16H21ClN2O/c1-11(10-19-6-2-3-16(19)20)18-15-8-12-4-5-14(17)7-13(12)9-15/h4-5,7,11,15,18H,2-3,6,8-10H2,1H3. The van der Waals surface area contributed by atoms with E-state index >= 15 is 0 Å². The van der Waals surface area contributed by atoms with Gasteiger partial charge < -0.3 is 10.2 Å². The third-order valence-corrected chi connectivity index (χ3v) is 4.52. The van der Waals surface area contributed by atoms with E-state index in [1.54, 1.807) is 0 Å². The van der Waals surface area contributed by atoms with E-state index in [2.05, 4.69) is 24.4 Å². The molecule has 1 aliphatic heterocycles. The first kappa shape index (κ1) is 13.9. The number of benzene rings is 1. The van der Waals surface area contributed by atoms with Crippen molar-refractivity contribution in [2.24, 2.45) is 0 Å². The SMILES string of the molecule is CC(CN1CCCC1=O)NC1Cc2ccc(Cl)cc2C1. The molecule has 0 saturated carbocycles. The zero-order chi connectivity index (χ0) is 14.1. The van der Waals surface area contributed by atoms with E-state index in [4.69, 9.17) is 11.6 Å². The van der Waals surface area contributed by atoms with Gasteiger partial charge in [-0.3, -0.25) is 4.79 Å². The van der Waals surface area contributed by atoms with E-state index in [0.717, 1.165) is 43.8 Å². The second kappa shape index (κ2) is 5.74. The zero-order valence-electron chi connectivity index (χ0n) is 11.9. The van der Waals surface area contributed by atoms with E-state index in [9.17, 15) is 4.79 Å². The van der Waals surface area contributed by atoms with E-state index in [0.29, 0.717) is 18.0 Å². The fourth-order valence-corrected chi connectivity index (χ4v) is 3.58. The highest BCUT2D eigenvalue weighted by atomic mass is 35.5. The highest BCUT2D eigenvalue weighted by Crippen LogP contribution is 2.25. The number of amides is 1. The molecule has 2 aliphatic rings. The molecular weight excluding hydrogens is 272 g/mol. The van der Waals surface area contributed by atoms with Gasteiger partial charge in [0, 0.05) is 36.6 Å². The van der Waals surface area contributed by atoms with Crippen LogP contribution >= 0.6 is 11.6 Å². The molecule has 1 fully saturated rings. The van der Waals surface area contributed by atoms with Crippen LogP contribution in [0, 0.1) is 0 Å². The minimum atomic E-state index is 0.306. The Labute approximate surface area is 125 Å². The first-order valence-electron chi connectivity index (χ1n) is 7.43. The van der Waals surface area contributed by atoms with Gasteiger partial charge in [-0.1, -0.05) is 17.7 Å². The fourth-order valence-electron chi connectivity index (χ4n) is 3.39. The summed E-state index contributed by atoms with van der Waals surface area (Å²) in [6.45, 7) is 3.92. The Morgan fingerprint density at radius 2 is 2.20 bits per heavy atom. The molecule has 1 saturated heterocycles. The van der Waals surface area contributed by atoms with E-state index in [-0.39, 0.29) is 0 Å². The molecule has 1 heterocycles. The molecule has 4 heteroatoms. The molecule has 0 aromatic heterocycles. The smallest absolute Gasteiger partial charge is 0.222 e. The molecule has 1 aliphatic carbocycles. The van der Waals surface area contributed by atoms with Crippen molar-refractivity contribution < 1.29 is 4.79 Å². The summed E-state index contributed by atoms with van der Waals surface area (Å²) in [7, 11) is 0. The number of hydrogen-bond donors (Lipinski definition) is 1. The van der Waals surface area contributed by atoms with Crippen molar-refractivity contribution in [1.29, 1.82) is 0 Å². The summed E-state index contributed by atoms with van der Waals surface area (Å²) in [6, 6.07) is 6.99. The maximum absolute atomic E-state index is 11.6. The molecule has 1 aromatic rings. The lowest BCUT2D eigenvalue weighted by atomic mass is 10.1. The number of nitrogens with zero attached hydrogens (tertiary/aromatic N) is 1. The van der Waals surface area contributed by atoms with Crippen molar-refractivity contribution >= 4 is 17.5 Å². The number of hydrogen-bond acceptors (Lipinski definition) is 2. The first-order chi connectivity index (χ1) is 9.61. The van der Waals surface area contributed by atoms with Gasteiger partial charge in [-0.25, -0.2) is 0 Å². The molecule has 0 bridgehead atoms. The Morgan fingerprint density at radius 1 is 1.40 bits per heavy atom. The minimum Gasteiger partial charge on any atom is -0.341 e. The molecule has 108 valence electrons. The summed E-state index contributed by atoms with van der Waals surface area (Å²) >= 11 is 6.04. The lowest BCUT2D eigenvalue weighted by molar-refractivity contribution is -0.127. The van der Waals surface area contributed by atoms with Crippen LogP contribution in [0.25, 0.3) is 0 Å². The molecular formula is C16H21ClN2O. The Hall–Kier alpha value is -1.06. The van der Waals surface area contributed by atoms with Gasteiger partial charge in [-0.15, -0.1) is 0 Å². The van der Waals surface area contributed by atoms with Crippen LogP contribution in [0.15, 0.2) is 18.2 Å². The molecule has 2 unspecified atom stereocenters. The summed E-state index contributed by atoms with van der Waals surface area (Å²) in [4.78, 5) is 13.6. The van der Waals surface area contributed by atoms with Crippen molar-refractivity contribution in [2.45, 2.75) is 44.7 Å². The van der Waals surface area contributed by atoms with Gasteiger partial charge in [0.15, 0.2) is 0 Å². The number of carbonyl (C=O) groups is 1. The summed E-state index contributed by atoms with van der Waals surface area (Å²) in [5.74, 6) is 0.306. The average Bonchev–Trinajstić information content (AvgIpc) is 2.95. The lowest BCUT2D eigenvalue weighted by Crippen LogP contribution is -2.44. The maximum Gasteiger partial charge on any atom is 0.222 e. The van der Waals surface area contributed by atoms with Crippen molar-refractivity contribution in [2.75, 3.05) is 13.1 Å². The van der Waals surface area contributed by atoms with Gasteiger partial charge in [0.25, 0.3) is 0 Å². The number of likely N-dealkylation sites (tertiary alicyclic amines) is 1. The van der Waals surface area contributed by atoms with Crippen LogP contribution in [-0.4, -0.2) is 36.0 Å². The quantitative estimate of drug-likeness (QED) is 0.924. The second-order valence-electron chi connectivity index (χ2n) is 6.03. The zero-order valence-corrected chi connectivity index (χ0v) is 12.6. The van der Waals surface area contributed by atoms with Crippen molar-refractivity contribution in [3.63, 3.8) is 0 Å². The third kappa shape index (κ3) is 2.99. The van der Waals surface area contributed by atoms with Crippen LogP contribution in [0.1, 0.15) is 30.9 Å². The number of rotatable bonds is 4. The van der Waals surface area contributed by atoms with Crippen molar-refractivity contribution in [1.82, 2.24) is 10.2 Å². The monoisotopic (exact) mass is 292 g/mol. The molecule has 1 N–H and O–H groups in total. The second-order valence-corrected chi connectivity index (χ2v) is 6.47. The van der Waals surface area contributed by atoms with Gasteiger partial charge in [0.05, 0.1) is 0 Å². The third-order valence-electron chi connectivity index (χ3n) is 4.29. The minimum absolute atomic E-state index is 0.306. The van der Waals surface area contributed by atoms with Crippen molar-refractivity contribution in [3.05, 3.63) is 34.3 Å². The molecule has 3 rings (SSSR count). The van der Waals surface area contributed by atoms with E-state index < -0.39 is 0 Å². The molecule has 0 radical (unpaired) electrons. The molecule has 0 spiro atoms. The Morgan fingerprint density at radius 3 is 2.95 bits per heavy atom.